The molecule has 2 nitrogen and oxygen atoms in total. The summed E-state index contributed by atoms with van der Waals surface area (Å²) in [6, 6.07) is 6.83. The van der Waals surface area contributed by atoms with Crippen LogP contribution in [-0.2, 0) is 0 Å². The van der Waals surface area contributed by atoms with Crippen molar-refractivity contribution in [3.8, 4) is 0 Å². The van der Waals surface area contributed by atoms with E-state index in [2.05, 4.69) is 44.3 Å². The number of rotatable bonds is 4. The van der Waals surface area contributed by atoms with Crippen LogP contribution < -0.4 is 11.1 Å². The van der Waals surface area contributed by atoms with Crippen LogP contribution in [0.3, 0.4) is 0 Å². The second kappa shape index (κ2) is 5.91. The van der Waals surface area contributed by atoms with Crippen molar-refractivity contribution in [2.75, 3.05) is 5.32 Å². The quantitative estimate of drug-likeness (QED) is 0.820. The molecule has 3 N–H and O–H groups in total. The fourth-order valence-corrected chi connectivity index (χ4v) is 3.38. The van der Waals surface area contributed by atoms with Crippen LogP contribution in [0.5, 0.6) is 0 Å². The molecule has 1 aromatic rings. The van der Waals surface area contributed by atoms with Gasteiger partial charge in [-0.15, -0.1) is 0 Å². The smallest absolute Gasteiger partial charge is 0.106 e. The van der Waals surface area contributed by atoms with Crippen molar-refractivity contribution >= 4 is 22.9 Å². The molecule has 1 aliphatic rings. The summed E-state index contributed by atoms with van der Waals surface area (Å²) in [7, 11) is 0. The number of nitrogens with two attached hydrogens (primary N) is 1. The van der Waals surface area contributed by atoms with Gasteiger partial charge < -0.3 is 11.1 Å². The summed E-state index contributed by atoms with van der Waals surface area (Å²) in [6.07, 6.45) is 3.84. The first kappa shape index (κ1) is 14.3. The summed E-state index contributed by atoms with van der Waals surface area (Å²) < 4.78 is 0. The third-order valence-electron chi connectivity index (χ3n) is 4.53. The standard InChI is InChI=1S/C16H24N2S/c1-4-12-6-8-14(11(12)3)18-15-7-5-10(2)9-13(15)16(17)19/h5,7,9,11-12,14,18H,4,6,8H2,1-3H3,(H2,17,19). The molecule has 0 amide bonds. The van der Waals surface area contributed by atoms with E-state index in [0.717, 1.165) is 17.2 Å². The summed E-state index contributed by atoms with van der Waals surface area (Å²) in [6.45, 7) is 6.71. The van der Waals surface area contributed by atoms with Gasteiger partial charge in [-0.05, 0) is 43.7 Å². The van der Waals surface area contributed by atoms with Gasteiger partial charge in [0.2, 0.25) is 0 Å². The van der Waals surface area contributed by atoms with Gasteiger partial charge in [0.05, 0.1) is 0 Å². The molecule has 0 aromatic heterocycles. The van der Waals surface area contributed by atoms with Gasteiger partial charge in [0.1, 0.15) is 4.99 Å². The number of nitrogens with one attached hydrogen (secondary N) is 1. The Kier molecular flexibility index (Phi) is 4.46. The zero-order valence-electron chi connectivity index (χ0n) is 12.1. The highest BCUT2D eigenvalue weighted by Gasteiger charge is 2.31. The molecular formula is C16H24N2S. The maximum absolute atomic E-state index is 5.84. The van der Waals surface area contributed by atoms with Crippen LogP contribution in [0.15, 0.2) is 18.2 Å². The Morgan fingerprint density at radius 2 is 2.16 bits per heavy atom. The second-order valence-electron chi connectivity index (χ2n) is 5.77. The summed E-state index contributed by atoms with van der Waals surface area (Å²) in [5.41, 5.74) is 9.09. The monoisotopic (exact) mass is 276 g/mol. The SMILES string of the molecule is CCC1CCC(Nc2ccc(C)cc2C(N)=S)C1C. The van der Waals surface area contributed by atoms with E-state index in [-0.39, 0.29) is 0 Å². The highest BCUT2D eigenvalue weighted by atomic mass is 32.1. The molecule has 1 saturated carbocycles. The molecule has 3 atom stereocenters. The van der Waals surface area contributed by atoms with E-state index >= 15 is 0 Å². The molecule has 3 heteroatoms. The molecule has 19 heavy (non-hydrogen) atoms. The van der Waals surface area contributed by atoms with Crippen LogP contribution in [0.1, 0.15) is 44.2 Å². The molecule has 0 spiro atoms. The number of thiocarbonyl (C=S) groups is 1. The molecule has 0 aliphatic heterocycles. The van der Waals surface area contributed by atoms with E-state index in [9.17, 15) is 0 Å². The molecule has 0 bridgehead atoms. The topological polar surface area (TPSA) is 38.0 Å². The average Bonchev–Trinajstić information content (AvgIpc) is 2.72. The third-order valence-corrected chi connectivity index (χ3v) is 4.75. The molecular weight excluding hydrogens is 252 g/mol. The second-order valence-corrected chi connectivity index (χ2v) is 6.21. The predicted octanol–water partition coefficient (Wildman–Crippen LogP) is 3.87. The Morgan fingerprint density at radius 1 is 1.42 bits per heavy atom. The highest BCUT2D eigenvalue weighted by Crippen LogP contribution is 2.36. The lowest BCUT2D eigenvalue weighted by Gasteiger charge is -2.23. The minimum absolute atomic E-state index is 0.476. The van der Waals surface area contributed by atoms with E-state index in [1.54, 1.807) is 0 Å². The number of hydrogen-bond donors (Lipinski definition) is 2. The maximum atomic E-state index is 5.84. The van der Waals surface area contributed by atoms with Crippen LogP contribution in [0.4, 0.5) is 5.69 Å². The Labute approximate surface area is 121 Å². The molecule has 1 aromatic carbocycles. The summed E-state index contributed by atoms with van der Waals surface area (Å²) >= 11 is 5.16. The molecule has 104 valence electrons. The van der Waals surface area contributed by atoms with Crippen LogP contribution in [0, 0.1) is 18.8 Å². The van der Waals surface area contributed by atoms with Crippen LogP contribution in [0.2, 0.25) is 0 Å². The van der Waals surface area contributed by atoms with Gasteiger partial charge >= 0.3 is 0 Å². The molecule has 2 rings (SSSR count). The number of aryl methyl sites for hydroxylation is 1. The Balaban J connectivity index is 2.18. The summed E-state index contributed by atoms with van der Waals surface area (Å²) in [4.78, 5) is 0.476. The van der Waals surface area contributed by atoms with Gasteiger partial charge in [-0.25, -0.2) is 0 Å². The Hall–Kier alpha value is -1.09. The van der Waals surface area contributed by atoms with E-state index in [1.807, 2.05) is 0 Å². The molecule has 1 fully saturated rings. The van der Waals surface area contributed by atoms with E-state index in [0.29, 0.717) is 16.9 Å². The van der Waals surface area contributed by atoms with Gasteiger partial charge in [0.15, 0.2) is 0 Å². The predicted molar refractivity (Wildman–Crippen MR) is 86.7 cm³/mol. The summed E-state index contributed by atoms with van der Waals surface area (Å²) in [5.74, 6) is 1.56. The van der Waals surface area contributed by atoms with Crippen molar-refractivity contribution < 1.29 is 0 Å². The van der Waals surface area contributed by atoms with Gasteiger partial charge in [0.25, 0.3) is 0 Å². The normalized spacial score (nSPS) is 26.4. The van der Waals surface area contributed by atoms with Crippen molar-refractivity contribution in [3.05, 3.63) is 29.3 Å². The number of hydrogen-bond acceptors (Lipinski definition) is 2. The third kappa shape index (κ3) is 3.08. The van der Waals surface area contributed by atoms with Gasteiger partial charge in [0, 0.05) is 17.3 Å². The van der Waals surface area contributed by atoms with Gasteiger partial charge in [-0.3, -0.25) is 0 Å². The lowest BCUT2D eigenvalue weighted by molar-refractivity contribution is 0.392. The van der Waals surface area contributed by atoms with Crippen LogP contribution >= 0.6 is 12.2 Å². The minimum Gasteiger partial charge on any atom is -0.389 e. The first-order valence-electron chi connectivity index (χ1n) is 7.20. The van der Waals surface area contributed by atoms with E-state index in [4.69, 9.17) is 18.0 Å². The maximum Gasteiger partial charge on any atom is 0.106 e. The highest BCUT2D eigenvalue weighted by molar-refractivity contribution is 7.80. The van der Waals surface area contributed by atoms with Gasteiger partial charge in [-0.2, -0.15) is 0 Å². The van der Waals surface area contributed by atoms with E-state index < -0.39 is 0 Å². The van der Waals surface area contributed by atoms with Crippen molar-refractivity contribution in [2.24, 2.45) is 17.6 Å². The first-order chi connectivity index (χ1) is 9.02. The lowest BCUT2D eigenvalue weighted by Crippen LogP contribution is -2.26. The van der Waals surface area contributed by atoms with Crippen LogP contribution in [-0.4, -0.2) is 11.0 Å². The summed E-state index contributed by atoms with van der Waals surface area (Å²) in [5, 5.41) is 3.66. The molecule has 1 aliphatic carbocycles. The molecule has 0 saturated heterocycles. The van der Waals surface area contributed by atoms with Gasteiger partial charge in [-0.1, -0.05) is 44.1 Å². The zero-order valence-corrected chi connectivity index (χ0v) is 12.9. The zero-order chi connectivity index (χ0) is 14.0. The van der Waals surface area contributed by atoms with Crippen molar-refractivity contribution in [3.63, 3.8) is 0 Å². The Bertz CT molecular complexity index is 470. The molecule has 0 heterocycles. The molecule has 3 unspecified atom stereocenters. The van der Waals surface area contributed by atoms with Crippen molar-refractivity contribution in [2.45, 2.75) is 46.1 Å². The first-order valence-corrected chi connectivity index (χ1v) is 7.60. The fraction of sp³-hybridized carbons (Fsp3) is 0.562. The number of anilines is 1. The van der Waals surface area contributed by atoms with E-state index in [1.165, 1.54) is 24.8 Å². The Morgan fingerprint density at radius 3 is 2.74 bits per heavy atom. The van der Waals surface area contributed by atoms with Crippen molar-refractivity contribution in [1.29, 1.82) is 0 Å². The lowest BCUT2D eigenvalue weighted by atomic mass is 9.93. The van der Waals surface area contributed by atoms with Crippen molar-refractivity contribution in [1.82, 2.24) is 0 Å². The number of benzene rings is 1. The minimum atomic E-state index is 0.476. The molecule has 0 radical (unpaired) electrons. The fourth-order valence-electron chi connectivity index (χ4n) is 3.22. The average molecular weight is 276 g/mol. The van der Waals surface area contributed by atoms with Crippen LogP contribution in [0.25, 0.3) is 0 Å². The largest absolute Gasteiger partial charge is 0.389 e.